The van der Waals surface area contributed by atoms with Crippen LogP contribution in [0.3, 0.4) is 0 Å². The van der Waals surface area contributed by atoms with E-state index in [1.54, 1.807) is 0 Å². The Morgan fingerprint density at radius 2 is 1.01 bits per heavy atom. The Kier molecular flexibility index (Phi) is 10.7. The second kappa shape index (κ2) is 18.1. The van der Waals surface area contributed by atoms with E-state index in [0.717, 1.165) is 73.0 Å². The van der Waals surface area contributed by atoms with Crippen LogP contribution in [-0.4, -0.2) is 4.57 Å². The standard InChI is InChI=1S/C73H53N3/c1-49-20-16-17-41-74(60-38-35-50-21-10-11-22-51(50)45-60)71-48-54(36-39-62(49)71)57-43-55(52-23-18-28-61(46-52)75(58-24-6-4-7-25-58)59-26-8-5-9-27-59)42-56(44-57)53-37-40-69-66(47-53)64-30-13-15-33-68(64)76(69)70-34-19-31-65-63-29-12-14-32-67(63)73(2,3)72(65)70/h4-48H,1H2,2-3H3/b20-16-,41-17-. The van der Waals surface area contributed by atoms with E-state index >= 15 is 0 Å². The van der Waals surface area contributed by atoms with Crippen LogP contribution in [0.5, 0.6) is 0 Å². The summed E-state index contributed by atoms with van der Waals surface area (Å²) in [7, 11) is 0. The molecular weight excluding hydrogens is 919 g/mol. The third-order valence-corrected chi connectivity index (χ3v) is 15.8. The highest BCUT2D eigenvalue weighted by Gasteiger charge is 2.38. The molecule has 360 valence electrons. The van der Waals surface area contributed by atoms with Gasteiger partial charge in [0.15, 0.2) is 0 Å². The number of benzene rings is 11. The number of anilines is 5. The molecule has 3 nitrogen and oxygen atoms in total. The van der Waals surface area contributed by atoms with Gasteiger partial charge in [-0.1, -0.05) is 184 Å². The predicted octanol–water partition coefficient (Wildman–Crippen LogP) is 19.9. The third kappa shape index (κ3) is 7.50. The lowest BCUT2D eigenvalue weighted by Crippen LogP contribution is -2.17. The minimum Gasteiger partial charge on any atom is -0.317 e. The molecule has 1 aliphatic heterocycles. The molecule has 0 spiro atoms. The topological polar surface area (TPSA) is 11.4 Å². The molecule has 0 radical (unpaired) electrons. The van der Waals surface area contributed by atoms with E-state index in [4.69, 9.17) is 0 Å². The Balaban J connectivity index is 0.962. The fourth-order valence-electron chi connectivity index (χ4n) is 12.2. The SMILES string of the molecule is C=C1/C=C\C=C/N(c2ccc3ccccc3c2)c2cc(-c3cc(-c4cccc(N(c5ccccc5)c5ccccc5)c4)cc(-c4ccc5c(c4)c4ccccc4n5-c4cccc5c4C(C)(C)c4ccccc4-5)c3)ccc21. The molecule has 0 saturated carbocycles. The normalized spacial score (nSPS) is 14.2. The van der Waals surface area contributed by atoms with Crippen molar-refractivity contribution < 1.29 is 0 Å². The minimum atomic E-state index is -0.171. The number of hydrogen-bond acceptors (Lipinski definition) is 2. The summed E-state index contributed by atoms with van der Waals surface area (Å²) in [5.41, 5.74) is 23.1. The first-order chi connectivity index (χ1) is 37.4. The van der Waals surface area contributed by atoms with Crippen LogP contribution in [-0.2, 0) is 5.41 Å². The summed E-state index contributed by atoms with van der Waals surface area (Å²) in [5.74, 6) is 0. The summed E-state index contributed by atoms with van der Waals surface area (Å²) in [5, 5.41) is 4.86. The molecule has 0 atom stereocenters. The van der Waals surface area contributed by atoms with Gasteiger partial charge in [-0.05, 0) is 175 Å². The zero-order chi connectivity index (χ0) is 50.9. The molecule has 1 aliphatic carbocycles. The highest BCUT2D eigenvalue weighted by atomic mass is 15.1. The molecule has 76 heavy (non-hydrogen) atoms. The Hall–Kier alpha value is -9.70. The molecule has 3 heteroatoms. The van der Waals surface area contributed by atoms with Gasteiger partial charge in [-0.2, -0.15) is 0 Å². The molecule has 2 aliphatic rings. The van der Waals surface area contributed by atoms with Gasteiger partial charge < -0.3 is 14.4 Å². The summed E-state index contributed by atoms with van der Waals surface area (Å²) < 4.78 is 2.51. The van der Waals surface area contributed by atoms with Crippen LogP contribution in [0.4, 0.5) is 28.4 Å². The summed E-state index contributed by atoms with van der Waals surface area (Å²) >= 11 is 0. The van der Waals surface area contributed by atoms with E-state index in [1.807, 2.05) is 0 Å². The summed E-state index contributed by atoms with van der Waals surface area (Å²) in [6.45, 7) is 9.32. The average molecular weight is 972 g/mol. The van der Waals surface area contributed by atoms with Crippen molar-refractivity contribution in [2.75, 3.05) is 9.80 Å². The van der Waals surface area contributed by atoms with Crippen molar-refractivity contribution in [3.05, 3.63) is 296 Å². The van der Waals surface area contributed by atoms with Crippen LogP contribution < -0.4 is 9.80 Å². The van der Waals surface area contributed by atoms with E-state index in [1.165, 1.54) is 60.5 Å². The fraction of sp³-hybridized carbons (Fsp3) is 0.0411. The van der Waals surface area contributed by atoms with Crippen molar-refractivity contribution in [1.29, 1.82) is 0 Å². The molecule has 14 rings (SSSR count). The first-order valence-corrected chi connectivity index (χ1v) is 26.3. The van der Waals surface area contributed by atoms with Crippen molar-refractivity contribution in [3.8, 4) is 50.2 Å². The number of para-hydroxylation sites is 3. The van der Waals surface area contributed by atoms with Gasteiger partial charge in [-0.15, -0.1) is 0 Å². The Bertz CT molecular complexity index is 4300. The maximum atomic E-state index is 4.56. The van der Waals surface area contributed by atoms with E-state index in [0.29, 0.717) is 0 Å². The van der Waals surface area contributed by atoms with Crippen molar-refractivity contribution in [1.82, 2.24) is 4.57 Å². The lowest BCUT2D eigenvalue weighted by atomic mass is 9.81. The molecule has 0 saturated heterocycles. The summed E-state index contributed by atoms with van der Waals surface area (Å²) in [6.07, 6.45) is 8.45. The monoisotopic (exact) mass is 971 g/mol. The molecule has 0 unspecified atom stereocenters. The van der Waals surface area contributed by atoms with Gasteiger partial charge in [0.1, 0.15) is 0 Å². The number of fused-ring (bicyclic) bond motifs is 8. The van der Waals surface area contributed by atoms with Crippen molar-refractivity contribution >= 4 is 66.6 Å². The molecule has 0 fully saturated rings. The summed E-state index contributed by atoms with van der Waals surface area (Å²) in [4.78, 5) is 4.65. The van der Waals surface area contributed by atoms with E-state index in [9.17, 15) is 0 Å². The quantitative estimate of drug-likeness (QED) is 0.150. The highest BCUT2D eigenvalue weighted by molar-refractivity contribution is 6.11. The lowest BCUT2D eigenvalue weighted by molar-refractivity contribution is 0.656. The number of nitrogens with zero attached hydrogens (tertiary/aromatic N) is 3. The average Bonchev–Trinajstić information content (AvgIpc) is 3.96. The fourth-order valence-corrected chi connectivity index (χ4v) is 12.2. The molecule has 2 heterocycles. The number of allylic oxidation sites excluding steroid dienone is 4. The largest absolute Gasteiger partial charge is 0.317 e. The van der Waals surface area contributed by atoms with Crippen LogP contribution in [0.25, 0.3) is 88.3 Å². The van der Waals surface area contributed by atoms with Crippen LogP contribution in [0.15, 0.2) is 280 Å². The number of hydrogen-bond donors (Lipinski definition) is 0. The van der Waals surface area contributed by atoms with E-state index in [-0.39, 0.29) is 5.41 Å². The zero-order valence-electron chi connectivity index (χ0n) is 42.5. The smallest absolute Gasteiger partial charge is 0.0541 e. The molecule has 1 aromatic heterocycles. The van der Waals surface area contributed by atoms with Gasteiger partial charge in [-0.25, -0.2) is 0 Å². The van der Waals surface area contributed by atoms with Gasteiger partial charge >= 0.3 is 0 Å². The second-order valence-electron chi connectivity index (χ2n) is 20.7. The number of rotatable bonds is 8. The van der Waals surface area contributed by atoms with Crippen LogP contribution in [0, 0.1) is 0 Å². The maximum Gasteiger partial charge on any atom is 0.0541 e. The first kappa shape index (κ1) is 45.0. The van der Waals surface area contributed by atoms with Crippen LogP contribution >= 0.6 is 0 Å². The molecular formula is C73H53N3. The van der Waals surface area contributed by atoms with Gasteiger partial charge in [-0.3, -0.25) is 0 Å². The zero-order valence-corrected chi connectivity index (χ0v) is 42.5. The second-order valence-corrected chi connectivity index (χ2v) is 20.7. The Morgan fingerprint density at radius 3 is 1.80 bits per heavy atom. The van der Waals surface area contributed by atoms with Gasteiger partial charge in [0, 0.05) is 50.7 Å². The van der Waals surface area contributed by atoms with Crippen molar-refractivity contribution in [2.45, 2.75) is 19.3 Å². The minimum absolute atomic E-state index is 0.171. The van der Waals surface area contributed by atoms with Gasteiger partial charge in [0.2, 0.25) is 0 Å². The van der Waals surface area contributed by atoms with E-state index in [2.05, 4.69) is 308 Å². The maximum absolute atomic E-state index is 4.56. The molecule has 11 aromatic carbocycles. The van der Waals surface area contributed by atoms with Crippen LogP contribution in [0.2, 0.25) is 0 Å². The van der Waals surface area contributed by atoms with Crippen LogP contribution in [0.1, 0.15) is 30.5 Å². The van der Waals surface area contributed by atoms with Crippen molar-refractivity contribution in [2.24, 2.45) is 0 Å². The molecule has 0 bridgehead atoms. The van der Waals surface area contributed by atoms with Gasteiger partial charge in [0.25, 0.3) is 0 Å². The van der Waals surface area contributed by atoms with E-state index < -0.39 is 0 Å². The highest BCUT2D eigenvalue weighted by Crippen LogP contribution is 2.52. The third-order valence-electron chi connectivity index (χ3n) is 15.8. The Labute approximate surface area is 444 Å². The molecule has 12 aromatic rings. The van der Waals surface area contributed by atoms with Crippen molar-refractivity contribution in [3.63, 3.8) is 0 Å². The Morgan fingerprint density at radius 1 is 0.395 bits per heavy atom. The first-order valence-electron chi connectivity index (χ1n) is 26.3. The summed E-state index contributed by atoms with van der Waals surface area (Å²) in [6, 6.07) is 91.4. The number of aromatic nitrogens is 1. The van der Waals surface area contributed by atoms with Gasteiger partial charge in [0.05, 0.1) is 22.4 Å². The predicted molar refractivity (Wildman–Crippen MR) is 323 cm³/mol. The molecule has 0 amide bonds. The lowest BCUT2D eigenvalue weighted by Gasteiger charge is -2.26. The molecule has 0 N–H and O–H groups in total.